The molecule has 0 aliphatic rings. The van der Waals surface area contributed by atoms with Crippen molar-refractivity contribution >= 4 is 49.2 Å². The zero-order valence-corrected chi connectivity index (χ0v) is 13.7. The van der Waals surface area contributed by atoms with E-state index in [1.54, 1.807) is 0 Å². The van der Waals surface area contributed by atoms with Gasteiger partial charge in [0.1, 0.15) is 10.7 Å². The number of sulfonamides is 1. The molecule has 2 N–H and O–H groups in total. The SMILES string of the molecule is Cc1oc(C(=O)O)cc1S(=O)(=O)Nc1ccc(Cl)cc1Br. The van der Waals surface area contributed by atoms with Crippen LogP contribution in [0.4, 0.5) is 5.69 Å². The zero-order valence-electron chi connectivity index (χ0n) is 10.6. The first-order valence-corrected chi connectivity index (χ1v) is 8.18. The average Bonchev–Trinajstić information content (AvgIpc) is 2.76. The van der Waals surface area contributed by atoms with Crippen molar-refractivity contribution in [1.29, 1.82) is 0 Å². The van der Waals surface area contributed by atoms with Gasteiger partial charge in [0.2, 0.25) is 5.76 Å². The smallest absolute Gasteiger partial charge is 0.371 e. The molecule has 0 amide bonds. The molecule has 0 radical (unpaired) electrons. The first kappa shape index (κ1) is 15.9. The monoisotopic (exact) mass is 393 g/mol. The number of aromatic carboxylic acids is 1. The van der Waals surface area contributed by atoms with E-state index in [1.165, 1.54) is 25.1 Å². The minimum atomic E-state index is -3.97. The van der Waals surface area contributed by atoms with Crippen molar-refractivity contribution in [3.05, 3.63) is 45.3 Å². The predicted molar refractivity (Wildman–Crippen MR) is 80.4 cm³/mol. The fraction of sp³-hybridized carbons (Fsp3) is 0.0833. The van der Waals surface area contributed by atoms with Gasteiger partial charge >= 0.3 is 5.97 Å². The van der Waals surface area contributed by atoms with Crippen LogP contribution >= 0.6 is 27.5 Å². The fourth-order valence-corrected chi connectivity index (χ4v) is 3.78. The van der Waals surface area contributed by atoms with Gasteiger partial charge in [0.05, 0.1) is 5.69 Å². The van der Waals surface area contributed by atoms with Crippen LogP contribution in [-0.2, 0) is 10.0 Å². The van der Waals surface area contributed by atoms with E-state index < -0.39 is 21.8 Å². The number of carbonyl (C=O) groups is 1. The lowest BCUT2D eigenvalue weighted by molar-refractivity contribution is 0.0661. The lowest BCUT2D eigenvalue weighted by Crippen LogP contribution is -2.13. The van der Waals surface area contributed by atoms with Crippen LogP contribution in [-0.4, -0.2) is 19.5 Å². The Kier molecular flexibility index (Phi) is 4.31. The molecule has 21 heavy (non-hydrogen) atoms. The normalized spacial score (nSPS) is 11.4. The summed E-state index contributed by atoms with van der Waals surface area (Å²) >= 11 is 8.97. The number of carboxylic acid groups (broad SMARTS) is 1. The molecule has 1 aromatic carbocycles. The quantitative estimate of drug-likeness (QED) is 0.827. The molecule has 9 heteroatoms. The van der Waals surface area contributed by atoms with Crippen LogP contribution in [0.2, 0.25) is 5.02 Å². The summed E-state index contributed by atoms with van der Waals surface area (Å²) in [5.74, 6) is -1.79. The number of hydrogen-bond donors (Lipinski definition) is 2. The third-order valence-electron chi connectivity index (χ3n) is 2.55. The highest BCUT2D eigenvalue weighted by Crippen LogP contribution is 2.29. The van der Waals surface area contributed by atoms with Gasteiger partial charge in [0.15, 0.2) is 0 Å². The molecule has 0 unspecified atom stereocenters. The van der Waals surface area contributed by atoms with Gasteiger partial charge in [-0.2, -0.15) is 0 Å². The molecule has 0 saturated heterocycles. The van der Waals surface area contributed by atoms with Gasteiger partial charge in [-0.15, -0.1) is 0 Å². The molecule has 0 atom stereocenters. The Morgan fingerprint density at radius 3 is 2.57 bits per heavy atom. The molecule has 0 aliphatic carbocycles. The molecule has 1 heterocycles. The molecule has 0 aliphatic heterocycles. The molecule has 0 bridgehead atoms. The van der Waals surface area contributed by atoms with Gasteiger partial charge in [-0.1, -0.05) is 11.6 Å². The average molecular weight is 395 g/mol. The van der Waals surface area contributed by atoms with Gasteiger partial charge in [-0.3, -0.25) is 4.72 Å². The molecule has 1 aromatic heterocycles. The molecular formula is C12H9BrClNO5S. The molecular weight excluding hydrogens is 386 g/mol. The minimum Gasteiger partial charge on any atom is -0.475 e. The Balaban J connectivity index is 2.41. The van der Waals surface area contributed by atoms with E-state index in [-0.39, 0.29) is 16.3 Å². The van der Waals surface area contributed by atoms with Crippen molar-refractivity contribution in [2.24, 2.45) is 0 Å². The summed E-state index contributed by atoms with van der Waals surface area (Å²) < 4.78 is 32.2. The Hall–Kier alpha value is -1.51. The molecule has 0 fully saturated rings. The Morgan fingerprint density at radius 2 is 2.05 bits per heavy atom. The number of hydrogen-bond acceptors (Lipinski definition) is 4. The second-order valence-corrected chi connectivity index (χ2v) is 7.01. The van der Waals surface area contributed by atoms with Crippen molar-refractivity contribution < 1.29 is 22.7 Å². The maximum atomic E-state index is 12.3. The predicted octanol–water partition coefficient (Wildman–Crippen LogP) is 3.50. The van der Waals surface area contributed by atoms with Gasteiger partial charge < -0.3 is 9.52 Å². The van der Waals surface area contributed by atoms with Crippen molar-refractivity contribution in [3.63, 3.8) is 0 Å². The van der Waals surface area contributed by atoms with Crippen LogP contribution in [0.5, 0.6) is 0 Å². The van der Waals surface area contributed by atoms with Crippen LogP contribution in [0.15, 0.2) is 38.1 Å². The van der Waals surface area contributed by atoms with E-state index in [1.807, 2.05) is 0 Å². The number of furan rings is 1. The van der Waals surface area contributed by atoms with E-state index in [0.29, 0.717) is 9.50 Å². The second kappa shape index (κ2) is 5.70. The minimum absolute atomic E-state index is 0.00927. The van der Waals surface area contributed by atoms with Gasteiger partial charge in [-0.25, -0.2) is 13.2 Å². The van der Waals surface area contributed by atoms with E-state index in [4.69, 9.17) is 21.1 Å². The Morgan fingerprint density at radius 1 is 1.38 bits per heavy atom. The first-order valence-electron chi connectivity index (χ1n) is 5.52. The summed E-state index contributed by atoms with van der Waals surface area (Å²) in [7, 11) is -3.97. The number of rotatable bonds is 4. The molecule has 2 rings (SSSR count). The van der Waals surface area contributed by atoms with E-state index in [0.717, 1.165) is 6.07 Å². The van der Waals surface area contributed by atoms with Crippen LogP contribution in [0.1, 0.15) is 16.3 Å². The molecule has 0 saturated carbocycles. The highest BCUT2D eigenvalue weighted by Gasteiger charge is 2.24. The third-order valence-corrected chi connectivity index (χ3v) is 4.91. The Bertz CT molecular complexity index is 815. The van der Waals surface area contributed by atoms with Crippen LogP contribution in [0, 0.1) is 6.92 Å². The summed E-state index contributed by atoms with van der Waals surface area (Å²) in [4.78, 5) is 10.6. The van der Waals surface area contributed by atoms with Crippen molar-refractivity contribution in [3.8, 4) is 0 Å². The number of anilines is 1. The highest BCUT2D eigenvalue weighted by atomic mass is 79.9. The molecule has 6 nitrogen and oxygen atoms in total. The van der Waals surface area contributed by atoms with Crippen LogP contribution < -0.4 is 4.72 Å². The zero-order chi connectivity index (χ0) is 15.8. The maximum Gasteiger partial charge on any atom is 0.371 e. The molecule has 2 aromatic rings. The van der Waals surface area contributed by atoms with Gasteiger partial charge in [0.25, 0.3) is 10.0 Å². The summed E-state index contributed by atoms with van der Waals surface area (Å²) in [6.45, 7) is 1.37. The van der Waals surface area contributed by atoms with Crippen molar-refractivity contribution in [1.82, 2.24) is 0 Å². The first-order chi connectivity index (χ1) is 9.70. The lowest BCUT2D eigenvalue weighted by atomic mass is 10.3. The van der Waals surface area contributed by atoms with Crippen LogP contribution in [0.3, 0.4) is 0 Å². The highest BCUT2D eigenvalue weighted by molar-refractivity contribution is 9.10. The standard InChI is InChI=1S/C12H9BrClNO5S/c1-6-11(5-10(20-6)12(16)17)21(18,19)15-9-3-2-7(14)4-8(9)13/h2-5,15H,1H3,(H,16,17). The molecule has 112 valence electrons. The van der Waals surface area contributed by atoms with E-state index in [9.17, 15) is 13.2 Å². The Labute approximate surface area is 133 Å². The van der Waals surface area contributed by atoms with Gasteiger partial charge in [-0.05, 0) is 41.1 Å². The number of carboxylic acids is 1. The van der Waals surface area contributed by atoms with E-state index >= 15 is 0 Å². The van der Waals surface area contributed by atoms with E-state index in [2.05, 4.69) is 20.7 Å². The lowest BCUT2D eigenvalue weighted by Gasteiger charge is -2.09. The van der Waals surface area contributed by atoms with Gasteiger partial charge in [0, 0.05) is 15.6 Å². The maximum absolute atomic E-state index is 12.3. The molecule has 0 spiro atoms. The van der Waals surface area contributed by atoms with Crippen LogP contribution in [0.25, 0.3) is 0 Å². The number of aryl methyl sites for hydroxylation is 1. The second-order valence-electron chi connectivity index (χ2n) is 4.07. The number of benzene rings is 1. The number of nitrogens with one attached hydrogen (secondary N) is 1. The largest absolute Gasteiger partial charge is 0.475 e. The van der Waals surface area contributed by atoms with Crippen molar-refractivity contribution in [2.75, 3.05) is 4.72 Å². The topological polar surface area (TPSA) is 96.6 Å². The fourth-order valence-electron chi connectivity index (χ4n) is 1.61. The summed E-state index contributed by atoms with van der Waals surface area (Å²) in [6.07, 6.45) is 0. The summed E-state index contributed by atoms with van der Waals surface area (Å²) in [5, 5.41) is 9.26. The van der Waals surface area contributed by atoms with Crippen molar-refractivity contribution in [2.45, 2.75) is 11.8 Å². The third kappa shape index (κ3) is 3.39. The summed E-state index contributed by atoms with van der Waals surface area (Å²) in [5.41, 5.74) is 0.275. The summed E-state index contributed by atoms with van der Waals surface area (Å²) in [6, 6.07) is 5.50. The number of halogens is 2.